The van der Waals surface area contributed by atoms with Gasteiger partial charge in [0.1, 0.15) is 5.60 Å². The zero-order valence-corrected chi connectivity index (χ0v) is 17.4. The number of hydrogen-bond acceptors (Lipinski definition) is 7. The summed E-state index contributed by atoms with van der Waals surface area (Å²) >= 11 is 0. The minimum Gasteiger partial charge on any atom is -0.443 e. The van der Waals surface area contributed by atoms with Crippen LogP contribution >= 0.6 is 0 Å². The second kappa shape index (κ2) is 7.97. The van der Waals surface area contributed by atoms with Crippen LogP contribution in [0, 0.1) is 19.7 Å². The van der Waals surface area contributed by atoms with E-state index >= 15 is 0 Å². The number of carbonyl (C=O) groups is 1. The van der Waals surface area contributed by atoms with E-state index in [0.717, 1.165) is 16.7 Å². The molecule has 1 aromatic carbocycles. The Bertz CT molecular complexity index is 1080. The van der Waals surface area contributed by atoms with E-state index in [2.05, 4.69) is 25.5 Å². The summed E-state index contributed by atoms with van der Waals surface area (Å²) in [5.74, 6) is -0.877. The molecule has 4 N–H and O–H groups in total. The standard InChI is InChI=1S/C20H24FN7O2/c1-11-6-7-13(22)9-15(11)24-18-23-10-14(21)17(25-18)28(16-8-12(2)26-27-16)19(29)30-20(3,4)5/h6-10H,22H2,1-5H3,(H,26,27)(H,23,24,25). The highest BCUT2D eigenvalue weighted by molar-refractivity contribution is 5.94. The molecule has 0 saturated carbocycles. The highest BCUT2D eigenvalue weighted by Crippen LogP contribution is 2.29. The molecule has 158 valence electrons. The number of ether oxygens (including phenoxy) is 1. The lowest BCUT2D eigenvalue weighted by molar-refractivity contribution is 0.0596. The Balaban J connectivity index is 2.03. The number of benzene rings is 1. The summed E-state index contributed by atoms with van der Waals surface area (Å²) in [6, 6.07) is 6.90. The molecule has 0 aliphatic heterocycles. The molecule has 0 atom stereocenters. The molecule has 2 heterocycles. The summed E-state index contributed by atoms with van der Waals surface area (Å²) in [6.07, 6.45) is 0.154. The van der Waals surface area contributed by atoms with Crippen LogP contribution in [-0.4, -0.2) is 31.9 Å². The molecule has 0 bridgehead atoms. The van der Waals surface area contributed by atoms with Gasteiger partial charge >= 0.3 is 6.09 Å². The number of nitrogen functional groups attached to an aromatic ring is 1. The van der Waals surface area contributed by atoms with E-state index in [1.165, 1.54) is 0 Å². The van der Waals surface area contributed by atoms with Crippen LogP contribution in [-0.2, 0) is 4.74 Å². The SMILES string of the molecule is Cc1cc(N(C(=O)OC(C)(C)C)c2nc(Nc3cc(N)ccc3C)ncc2F)n[nH]1. The highest BCUT2D eigenvalue weighted by Gasteiger charge is 2.30. The third-order valence-corrected chi connectivity index (χ3v) is 3.94. The number of nitrogens with one attached hydrogen (secondary N) is 2. The molecule has 0 unspecified atom stereocenters. The van der Waals surface area contributed by atoms with E-state index in [4.69, 9.17) is 10.5 Å². The molecule has 2 aromatic heterocycles. The molecular weight excluding hydrogens is 389 g/mol. The molecule has 3 aromatic rings. The van der Waals surface area contributed by atoms with Crippen molar-refractivity contribution in [3.05, 3.63) is 47.5 Å². The van der Waals surface area contributed by atoms with Crippen molar-refractivity contribution < 1.29 is 13.9 Å². The normalized spacial score (nSPS) is 11.3. The van der Waals surface area contributed by atoms with Crippen molar-refractivity contribution in [3.63, 3.8) is 0 Å². The van der Waals surface area contributed by atoms with Gasteiger partial charge in [-0.3, -0.25) is 5.10 Å². The lowest BCUT2D eigenvalue weighted by atomic mass is 10.2. The minimum atomic E-state index is -0.822. The molecule has 30 heavy (non-hydrogen) atoms. The van der Waals surface area contributed by atoms with Gasteiger partial charge in [-0.1, -0.05) is 6.07 Å². The second-order valence-electron chi connectivity index (χ2n) is 7.79. The minimum absolute atomic E-state index is 0.0842. The molecule has 0 saturated heterocycles. The number of anilines is 5. The van der Waals surface area contributed by atoms with E-state index in [0.29, 0.717) is 17.1 Å². The van der Waals surface area contributed by atoms with Crippen LogP contribution in [0.15, 0.2) is 30.5 Å². The van der Waals surface area contributed by atoms with Gasteiger partial charge < -0.3 is 15.8 Å². The average Bonchev–Trinajstić information content (AvgIpc) is 3.05. The zero-order chi connectivity index (χ0) is 22.1. The number of halogens is 1. The Hall–Kier alpha value is -3.69. The molecule has 3 rings (SSSR count). The number of amides is 1. The van der Waals surface area contributed by atoms with Crippen LogP contribution < -0.4 is 16.0 Å². The topological polar surface area (TPSA) is 122 Å². The molecule has 0 radical (unpaired) electrons. The van der Waals surface area contributed by atoms with Gasteiger partial charge in [0, 0.05) is 23.1 Å². The van der Waals surface area contributed by atoms with Gasteiger partial charge in [-0.05, 0) is 52.3 Å². The largest absolute Gasteiger partial charge is 0.443 e. The van der Waals surface area contributed by atoms with Crippen molar-refractivity contribution in [2.45, 2.75) is 40.2 Å². The quantitative estimate of drug-likeness (QED) is 0.543. The number of carbonyl (C=O) groups excluding carboxylic acids is 1. The predicted octanol–water partition coefficient (Wildman–Crippen LogP) is 4.35. The van der Waals surface area contributed by atoms with Crippen molar-refractivity contribution in [2.75, 3.05) is 16.0 Å². The summed E-state index contributed by atoms with van der Waals surface area (Å²) < 4.78 is 20.2. The van der Waals surface area contributed by atoms with E-state index < -0.39 is 17.5 Å². The average molecular weight is 413 g/mol. The van der Waals surface area contributed by atoms with Crippen LogP contribution in [0.25, 0.3) is 0 Å². The van der Waals surface area contributed by atoms with Crippen molar-refractivity contribution in [2.24, 2.45) is 0 Å². The van der Waals surface area contributed by atoms with Gasteiger partial charge in [0.2, 0.25) is 5.95 Å². The fourth-order valence-corrected chi connectivity index (χ4v) is 2.58. The second-order valence-corrected chi connectivity index (χ2v) is 7.79. The van der Waals surface area contributed by atoms with Crippen LogP contribution in [0.3, 0.4) is 0 Å². The number of nitrogens with two attached hydrogens (primary N) is 1. The van der Waals surface area contributed by atoms with Gasteiger partial charge in [0.25, 0.3) is 0 Å². The van der Waals surface area contributed by atoms with Crippen molar-refractivity contribution in [1.29, 1.82) is 0 Å². The molecule has 0 fully saturated rings. The van der Waals surface area contributed by atoms with Gasteiger partial charge in [0.15, 0.2) is 17.5 Å². The van der Waals surface area contributed by atoms with Crippen molar-refractivity contribution in [1.82, 2.24) is 20.2 Å². The monoisotopic (exact) mass is 413 g/mol. The number of nitrogens with zero attached hydrogens (tertiary/aromatic N) is 4. The van der Waals surface area contributed by atoms with Crippen molar-refractivity contribution in [3.8, 4) is 0 Å². The predicted molar refractivity (Wildman–Crippen MR) is 113 cm³/mol. The highest BCUT2D eigenvalue weighted by atomic mass is 19.1. The Morgan fingerprint density at radius 1 is 1.27 bits per heavy atom. The fourth-order valence-electron chi connectivity index (χ4n) is 2.58. The van der Waals surface area contributed by atoms with Crippen molar-refractivity contribution >= 4 is 35.1 Å². The first-order valence-electron chi connectivity index (χ1n) is 9.24. The fraction of sp³-hybridized carbons (Fsp3) is 0.300. The molecule has 9 nitrogen and oxygen atoms in total. The Morgan fingerprint density at radius 3 is 2.63 bits per heavy atom. The lowest BCUT2D eigenvalue weighted by Crippen LogP contribution is -2.35. The Labute approximate surface area is 173 Å². The number of H-pyrrole nitrogens is 1. The summed E-state index contributed by atoms with van der Waals surface area (Å²) in [5, 5.41) is 9.79. The number of hydrogen-bond donors (Lipinski definition) is 3. The lowest BCUT2D eigenvalue weighted by Gasteiger charge is -2.25. The number of aryl methyl sites for hydroxylation is 2. The number of aromatic nitrogens is 4. The first-order chi connectivity index (χ1) is 14.0. The maximum atomic E-state index is 14.7. The summed E-state index contributed by atoms with van der Waals surface area (Å²) in [4.78, 5) is 22.0. The smallest absolute Gasteiger partial charge is 0.422 e. The van der Waals surface area contributed by atoms with E-state index in [-0.39, 0.29) is 17.6 Å². The number of rotatable bonds is 4. The summed E-state index contributed by atoms with van der Waals surface area (Å²) in [5.41, 5.74) is 7.82. The van der Waals surface area contributed by atoms with Crippen LogP contribution in [0.1, 0.15) is 32.0 Å². The molecule has 10 heteroatoms. The van der Waals surface area contributed by atoms with Gasteiger partial charge in [-0.25, -0.2) is 19.1 Å². The number of aromatic amines is 1. The molecule has 0 aliphatic carbocycles. The first kappa shape index (κ1) is 21.0. The Morgan fingerprint density at radius 2 is 2.00 bits per heavy atom. The van der Waals surface area contributed by atoms with E-state index in [1.807, 2.05) is 13.0 Å². The van der Waals surface area contributed by atoms with Crippen LogP contribution in [0.2, 0.25) is 0 Å². The van der Waals surface area contributed by atoms with Gasteiger partial charge in [-0.2, -0.15) is 10.1 Å². The Kier molecular flexibility index (Phi) is 5.59. The molecular formula is C20H24FN7O2. The van der Waals surface area contributed by atoms with Gasteiger partial charge in [-0.15, -0.1) is 0 Å². The zero-order valence-electron chi connectivity index (χ0n) is 17.4. The van der Waals surface area contributed by atoms with E-state index in [9.17, 15) is 9.18 Å². The van der Waals surface area contributed by atoms with Crippen LogP contribution in [0.4, 0.5) is 38.1 Å². The third kappa shape index (κ3) is 4.83. The third-order valence-electron chi connectivity index (χ3n) is 3.94. The molecule has 0 spiro atoms. The van der Waals surface area contributed by atoms with Crippen LogP contribution in [0.5, 0.6) is 0 Å². The first-order valence-corrected chi connectivity index (χ1v) is 9.24. The summed E-state index contributed by atoms with van der Waals surface area (Å²) in [7, 11) is 0. The maximum absolute atomic E-state index is 14.7. The van der Waals surface area contributed by atoms with E-state index in [1.54, 1.807) is 45.9 Å². The summed E-state index contributed by atoms with van der Waals surface area (Å²) in [6.45, 7) is 8.78. The molecule has 0 aliphatic rings. The van der Waals surface area contributed by atoms with Gasteiger partial charge in [0.05, 0.1) is 6.20 Å². The molecule has 1 amide bonds. The maximum Gasteiger partial charge on any atom is 0.422 e.